The smallest absolute Gasteiger partial charge is 0.131 e. The number of benzene rings is 2. The molecule has 2 aromatic rings. The van der Waals surface area contributed by atoms with Crippen LogP contribution in [-0.2, 0) is 13.0 Å². The van der Waals surface area contributed by atoms with Gasteiger partial charge < -0.3 is 5.11 Å². The first-order valence-corrected chi connectivity index (χ1v) is 6.23. The van der Waals surface area contributed by atoms with Crippen LogP contribution < -0.4 is 0 Å². The Hall–Kier alpha value is -1.67. The molecule has 0 amide bonds. The molecule has 0 saturated carbocycles. The molecule has 2 heteroatoms. The molecule has 18 heavy (non-hydrogen) atoms. The Labute approximate surface area is 107 Å². The molecule has 0 heterocycles. The molecule has 0 spiro atoms. The molecule has 0 aliphatic heterocycles. The minimum Gasteiger partial charge on any atom is -0.392 e. The van der Waals surface area contributed by atoms with Crippen LogP contribution >= 0.6 is 0 Å². The first-order valence-electron chi connectivity index (χ1n) is 6.23. The molecule has 0 fully saturated rings. The third-order valence-corrected chi connectivity index (χ3v) is 3.02. The lowest BCUT2D eigenvalue weighted by Gasteiger charge is -2.06. The molecule has 1 nitrogen and oxygen atoms in total. The Morgan fingerprint density at radius 1 is 1.00 bits per heavy atom. The number of halogens is 1. The quantitative estimate of drug-likeness (QED) is 0.863. The maximum absolute atomic E-state index is 14.0. The van der Waals surface area contributed by atoms with Gasteiger partial charge in [-0.15, -0.1) is 0 Å². The largest absolute Gasteiger partial charge is 0.392 e. The van der Waals surface area contributed by atoms with E-state index in [0.717, 1.165) is 29.5 Å². The van der Waals surface area contributed by atoms with Crippen molar-refractivity contribution in [1.29, 1.82) is 0 Å². The van der Waals surface area contributed by atoms with Crippen LogP contribution in [0.25, 0.3) is 11.1 Å². The summed E-state index contributed by atoms with van der Waals surface area (Å²) in [5.41, 5.74) is 3.32. The minimum atomic E-state index is -0.183. The van der Waals surface area contributed by atoms with Crippen molar-refractivity contribution < 1.29 is 9.50 Å². The highest BCUT2D eigenvalue weighted by Gasteiger charge is 2.06. The zero-order valence-corrected chi connectivity index (χ0v) is 10.5. The van der Waals surface area contributed by atoms with E-state index < -0.39 is 0 Å². The van der Waals surface area contributed by atoms with E-state index >= 15 is 0 Å². The molecule has 0 radical (unpaired) electrons. The SMILES string of the molecule is CCCc1ccc(-c2ccc(CO)cc2)c(F)c1. The lowest BCUT2D eigenvalue weighted by atomic mass is 10.0. The van der Waals surface area contributed by atoms with Gasteiger partial charge in [-0.2, -0.15) is 0 Å². The highest BCUT2D eigenvalue weighted by molar-refractivity contribution is 5.64. The molecular formula is C16H17FO. The summed E-state index contributed by atoms with van der Waals surface area (Å²) >= 11 is 0. The third-order valence-electron chi connectivity index (χ3n) is 3.02. The van der Waals surface area contributed by atoms with Crippen molar-refractivity contribution in [2.24, 2.45) is 0 Å². The summed E-state index contributed by atoms with van der Waals surface area (Å²) in [4.78, 5) is 0. The molecule has 0 aromatic heterocycles. The first-order chi connectivity index (χ1) is 8.74. The van der Waals surface area contributed by atoms with E-state index in [-0.39, 0.29) is 12.4 Å². The van der Waals surface area contributed by atoms with Crippen LogP contribution in [0.5, 0.6) is 0 Å². The summed E-state index contributed by atoms with van der Waals surface area (Å²) in [6.07, 6.45) is 1.92. The Morgan fingerprint density at radius 2 is 1.67 bits per heavy atom. The number of hydrogen-bond donors (Lipinski definition) is 1. The fraction of sp³-hybridized carbons (Fsp3) is 0.250. The fourth-order valence-electron chi connectivity index (χ4n) is 2.03. The maximum Gasteiger partial charge on any atom is 0.131 e. The van der Waals surface area contributed by atoms with E-state index in [9.17, 15) is 4.39 Å². The van der Waals surface area contributed by atoms with E-state index in [2.05, 4.69) is 6.92 Å². The molecule has 0 saturated heterocycles. The van der Waals surface area contributed by atoms with Crippen LogP contribution in [0.3, 0.4) is 0 Å². The molecular weight excluding hydrogens is 227 g/mol. The van der Waals surface area contributed by atoms with Gasteiger partial charge in [0, 0.05) is 5.56 Å². The second-order valence-corrected chi connectivity index (χ2v) is 4.42. The molecule has 94 valence electrons. The minimum absolute atomic E-state index is 0.0121. The van der Waals surface area contributed by atoms with E-state index in [0.29, 0.717) is 5.56 Å². The number of rotatable bonds is 4. The summed E-state index contributed by atoms with van der Waals surface area (Å²) in [6.45, 7) is 2.09. The Kier molecular flexibility index (Phi) is 4.11. The molecule has 2 rings (SSSR count). The van der Waals surface area contributed by atoms with Crippen molar-refractivity contribution in [2.75, 3.05) is 0 Å². The number of aryl methyl sites for hydroxylation is 1. The van der Waals surface area contributed by atoms with Gasteiger partial charge in [0.15, 0.2) is 0 Å². The normalized spacial score (nSPS) is 10.6. The van der Waals surface area contributed by atoms with E-state index in [4.69, 9.17) is 5.11 Å². The van der Waals surface area contributed by atoms with Crippen LogP contribution in [0.2, 0.25) is 0 Å². The van der Waals surface area contributed by atoms with Gasteiger partial charge in [0.05, 0.1) is 6.61 Å². The average molecular weight is 244 g/mol. The fourth-order valence-corrected chi connectivity index (χ4v) is 2.03. The average Bonchev–Trinajstić information content (AvgIpc) is 2.40. The predicted octanol–water partition coefficient (Wildman–Crippen LogP) is 3.94. The van der Waals surface area contributed by atoms with Crippen molar-refractivity contribution in [2.45, 2.75) is 26.4 Å². The summed E-state index contributed by atoms with van der Waals surface area (Å²) in [7, 11) is 0. The van der Waals surface area contributed by atoms with Crippen molar-refractivity contribution >= 4 is 0 Å². The Morgan fingerprint density at radius 3 is 2.22 bits per heavy atom. The van der Waals surface area contributed by atoms with Crippen molar-refractivity contribution in [3.63, 3.8) is 0 Å². The number of aliphatic hydroxyl groups excluding tert-OH is 1. The van der Waals surface area contributed by atoms with Crippen molar-refractivity contribution in [3.05, 3.63) is 59.4 Å². The second-order valence-electron chi connectivity index (χ2n) is 4.42. The summed E-state index contributed by atoms with van der Waals surface area (Å²) in [5, 5.41) is 8.98. The monoisotopic (exact) mass is 244 g/mol. The molecule has 0 bridgehead atoms. The zero-order chi connectivity index (χ0) is 13.0. The molecule has 0 atom stereocenters. The molecule has 1 N–H and O–H groups in total. The maximum atomic E-state index is 14.0. The van der Waals surface area contributed by atoms with Gasteiger partial charge in [0.1, 0.15) is 5.82 Å². The van der Waals surface area contributed by atoms with Gasteiger partial charge in [-0.3, -0.25) is 0 Å². The van der Waals surface area contributed by atoms with Crippen molar-refractivity contribution in [1.82, 2.24) is 0 Å². The van der Waals surface area contributed by atoms with Gasteiger partial charge in [-0.1, -0.05) is 49.7 Å². The van der Waals surface area contributed by atoms with Gasteiger partial charge in [0.25, 0.3) is 0 Å². The summed E-state index contributed by atoms with van der Waals surface area (Å²) < 4.78 is 14.0. The standard InChI is InChI=1S/C16H17FO/c1-2-3-12-6-9-15(16(17)10-12)14-7-4-13(11-18)5-8-14/h4-10,18H,2-3,11H2,1H3. The van der Waals surface area contributed by atoms with Gasteiger partial charge in [0.2, 0.25) is 0 Å². The number of aliphatic hydroxyl groups is 1. The van der Waals surface area contributed by atoms with Crippen LogP contribution in [0, 0.1) is 5.82 Å². The van der Waals surface area contributed by atoms with Gasteiger partial charge in [-0.25, -0.2) is 4.39 Å². The van der Waals surface area contributed by atoms with Crippen LogP contribution in [0.4, 0.5) is 4.39 Å². The summed E-state index contributed by atoms with van der Waals surface area (Å²) in [5.74, 6) is -0.183. The third kappa shape index (κ3) is 2.77. The van der Waals surface area contributed by atoms with Crippen LogP contribution in [-0.4, -0.2) is 5.11 Å². The first kappa shape index (κ1) is 12.8. The zero-order valence-electron chi connectivity index (χ0n) is 10.5. The topological polar surface area (TPSA) is 20.2 Å². The predicted molar refractivity (Wildman–Crippen MR) is 71.8 cm³/mol. The van der Waals surface area contributed by atoms with Gasteiger partial charge >= 0.3 is 0 Å². The number of hydrogen-bond acceptors (Lipinski definition) is 1. The molecule has 0 aliphatic carbocycles. The molecule has 0 aliphatic rings. The van der Waals surface area contributed by atoms with Gasteiger partial charge in [-0.05, 0) is 29.2 Å². The van der Waals surface area contributed by atoms with Crippen LogP contribution in [0.15, 0.2) is 42.5 Å². The highest BCUT2D eigenvalue weighted by atomic mass is 19.1. The molecule has 2 aromatic carbocycles. The molecule has 0 unspecified atom stereocenters. The van der Waals surface area contributed by atoms with E-state index in [1.807, 2.05) is 36.4 Å². The van der Waals surface area contributed by atoms with E-state index in [1.54, 1.807) is 6.07 Å². The highest BCUT2D eigenvalue weighted by Crippen LogP contribution is 2.24. The lowest BCUT2D eigenvalue weighted by Crippen LogP contribution is -1.90. The second kappa shape index (κ2) is 5.78. The van der Waals surface area contributed by atoms with Crippen molar-refractivity contribution in [3.8, 4) is 11.1 Å². The van der Waals surface area contributed by atoms with E-state index in [1.165, 1.54) is 0 Å². The lowest BCUT2D eigenvalue weighted by molar-refractivity contribution is 0.282. The Bertz CT molecular complexity index is 517. The van der Waals surface area contributed by atoms with Crippen LogP contribution in [0.1, 0.15) is 24.5 Å². The summed E-state index contributed by atoms with van der Waals surface area (Å²) in [6, 6.07) is 12.7. The Balaban J connectivity index is 2.32.